The van der Waals surface area contributed by atoms with Crippen LogP contribution >= 0.6 is 0 Å². The standard InChI is InChI=1S/C14H25N3O3/c1-9(2)13-6-12(20-17-13)8-16-14(19)15-7-10(3)5-11(4)18/h6,9-11,18H,5,7-8H2,1-4H3,(H2,15,16,19). The summed E-state index contributed by atoms with van der Waals surface area (Å²) in [6.45, 7) is 8.64. The average molecular weight is 283 g/mol. The van der Waals surface area contributed by atoms with Gasteiger partial charge in [-0.1, -0.05) is 25.9 Å². The zero-order chi connectivity index (χ0) is 15.1. The van der Waals surface area contributed by atoms with Crippen molar-refractivity contribution >= 4 is 6.03 Å². The molecule has 1 aromatic heterocycles. The van der Waals surface area contributed by atoms with E-state index in [-0.39, 0.29) is 18.1 Å². The van der Waals surface area contributed by atoms with Gasteiger partial charge in [-0.3, -0.25) is 0 Å². The second-order valence-electron chi connectivity index (χ2n) is 5.63. The average Bonchev–Trinajstić information content (AvgIpc) is 2.82. The number of nitrogens with zero attached hydrogens (tertiary/aromatic N) is 1. The van der Waals surface area contributed by atoms with Gasteiger partial charge in [-0.05, 0) is 25.2 Å². The van der Waals surface area contributed by atoms with Crippen LogP contribution in [-0.4, -0.2) is 28.9 Å². The monoisotopic (exact) mass is 283 g/mol. The Bertz CT molecular complexity index is 416. The molecule has 1 rings (SSSR count). The third-order valence-corrected chi connectivity index (χ3v) is 2.95. The molecule has 0 aliphatic carbocycles. The summed E-state index contributed by atoms with van der Waals surface area (Å²) in [5, 5.41) is 18.6. The predicted octanol–water partition coefficient (Wildman–Crippen LogP) is 2.00. The minimum absolute atomic E-state index is 0.235. The van der Waals surface area contributed by atoms with E-state index < -0.39 is 0 Å². The lowest BCUT2D eigenvalue weighted by Gasteiger charge is -2.14. The van der Waals surface area contributed by atoms with E-state index >= 15 is 0 Å². The number of hydrogen-bond acceptors (Lipinski definition) is 4. The van der Waals surface area contributed by atoms with Crippen LogP contribution in [0.2, 0.25) is 0 Å². The molecule has 0 aliphatic rings. The molecule has 2 amide bonds. The Morgan fingerprint density at radius 1 is 1.35 bits per heavy atom. The van der Waals surface area contributed by atoms with Crippen molar-refractivity contribution in [2.45, 2.75) is 52.7 Å². The third-order valence-electron chi connectivity index (χ3n) is 2.95. The van der Waals surface area contributed by atoms with Gasteiger partial charge in [-0.15, -0.1) is 0 Å². The minimum atomic E-state index is -0.349. The molecule has 0 bridgehead atoms. The maximum atomic E-state index is 11.6. The van der Waals surface area contributed by atoms with Gasteiger partial charge in [0, 0.05) is 12.6 Å². The molecule has 1 heterocycles. The minimum Gasteiger partial charge on any atom is -0.393 e. The first-order valence-corrected chi connectivity index (χ1v) is 7.03. The number of carbonyl (C=O) groups excluding carboxylic acids is 1. The second-order valence-corrected chi connectivity index (χ2v) is 5.63. The molecular formula is C14H25N3O3. The zero-order valence-corrected chi connectivity index (χ0v) is 12.6. The summed E-state index contributed by atoms with van der Waals surface area (Å²) < 4.78 is 5.13. The number of carbonyl (C=O) groups is 1. The first kappa shape index (κ1) is 16.5. The summed E-state index contributed by atoms with van der Waals surface area (Å²) in [5.74, 6) is 1.18. The van der Waals surface area contributed by atoms with Gasteiger partial charge in [-0.2, -0.15) is 0 Å². The molecule has 1 aromatic rings. The van der Waals surface area contributed by atoms with E-state index in [2.05, 4.69) is 15.8 Å². The highest BCUT2D eigenvalue weighted by Crippen LogP contribution is 2.13. The van der Waals surface area contributed by atoms with Crippen LogP contribution in [0.1, 0.15) is 51.5 Å². The van der Waals surface area contributed by atoms with Gasteiger partial charge in [0.1, 0.15) is 0 Å². The molecule has 0 saturated carbocycles. The fourth-order valence-corrected chi connectivity index (χ4v) is 1.85. The van der Waals surface area contributed by atoms with E-state index in [9.17, 15) is 9.90 Å². The molecule has 0 spiro atoms. The van der Waals surface area contributed by atoms with Gasteiger partial charge in [0.2, 0.25) is 0 Å². The number of aliphatic hydroxyl groups is 1. The Morgan fingerprint density at radius 2 is 2.05 bits per heavy atom. The van der Waals surface area contributed by atoms with Crippen LogP contribution in [0.3, 0.4) is 0 Å². The van der Waals surface area contributed by atoms with Crippen molar-refractivity contribution in [3.8, 4) is 0 Å². The van der Waals surface area contributed by atoms with Gasteiger partial charge in [0.25, 0.3) is 0 Å². The smallest absolute Gasteiger partial charge is 0.315 e. The number of hydrogen-bond donors (Lipinski definition) is 3. The molecule has 0 aliphatic heterocycles. The topological polar surface area (TPSA) is 87.4 Å². The lowest BCUT2D eigenvalue weighted by Crippen LogP contribution is -2.37. The maximum Gasteiger partial charge on any atom is 0.315 e. The fraction of sp³-hybridized carbons (Fsp3) is 0.714. The lowest BCUT2D eigenvalue weighted by atomic mass is 10.1. The first-order valence-electron chi connectivity index (χ1n) is 7.03. The molecule has 2 unspecified atom stereocenters. The number of aromatic nitrogens is 1. The van der Waals surface area contributed by atoms with Crippen molar-refractivity contribution in [2.24, 2.45) is 5.92 Å². The van der Waals surface area contributed by atoms with Crippen LogP contribution in [0.5, 0.6) is 0 Å². The molecule has 20 heavy (non-hydrogen) atoms. The summed E-state index contributed by atoms with van der Waals surface area (Å²) in [6, 6.07) is 1.60. The van der Waals surface area contributed by atoms with Gasteiger partial charge in [-0.25, -0.2) is 4.79 Å². The van der Waals surface area contributed by atoms with Crippen LogP contribution in [0.25, 0.3) is 0 Å². The summed E-state index contributed by atoms with van der Waals surface area (Å²) in [7, 11) is 0. The van der Waals surface area contributed by atoms with Crippen molar-refractivity contribution in [3.05, 3.63) is 17.5 Å². The van der Waals surface area contributed by atoms with Crippen LogP contribution in [0.15, 0.2) is 10.6 Å². The summed E-state index contributed by atoms with van der Waals surface area (Å²) in [4.78, 5) is 11.6. The van der Waals surface area contributed by atoms with Gasteiger partial charge >= 0.3 is 6.03 Å². The Balaban J connectivity index is 2.25. The third kappa shape index (κ3) is 6.06. The normalized spacial score (nSPS) is 14.1. The zero-order valence-electron chi connectivity index (χ0n) is 12.6. The number of aliphatic hydroxyl groups excluding tert-OH is 1. The maximum absolute atomic E-state index is 11.6. The van der Waals surface area contributed by atoms with E-state index in [0.717, 1.165) is 5.69 Å². The van der Waals surface area contributed by atoms with Crippen molar-refractivity contribution < 1.29 is 14.4 Å². The fourth-order valence-electron chi connectivity index (χ4n) is 1.85. The molecule has 2 atom stereocenters. The molecule has 6 heteroatoms. The second kappa shape index (κ2) is 7.89. The predicted molar refractivity (Wildman–Crippen MR) is 76.3 cm³/mol. The van der Waals surface area contributed by atoms with Crippen LogP contribution in [0.4, 0.5) is 4.79 Å². The molecule has 0 fully saturated rings. The van der Waals surface area contributed by atoms with Crippen molar-refractivity contribution in [1.82, 2.24) is 15.8 Å². The van der Waals surface area contributed by atoms with Crippen molar-refractivity contribution in [2.75, 3.05) is 6.54 Å². The summed E-state index contributed by atoms with van der Waals surface area (Å²) in [6.07, 6.45) is 0.318. The van der Waals surface area contributed by atoms with Crippen LogP contribution < -0.4 is 10.6 Å². The van der Waals surface area contributed by atoms with Crippen molar-refractivity contribution in [3.63, 3.8) is 0 Å². The highest BCUT2D eigenvalue weighted by atomic mass is 16.5. The quantitative estimate of drug-likeness (QED) is 0.714. The highest BCUT2D eigenvalue weighted by Gasteiger charge is 2.10. The van der Waals surface area contributed by atoms with Gasteiger partial charge in [0.05, 0.1) is 18.3 Å². The Hall–Kier alpha value is -1.56. The highest BCUT2D eigenvalue weighted by molar-refractivity contribution is 5.73. The molecule has 0 radical (unpaired) electrons. The first-order chi connectivity index (χ1) is 9.38. The molecule has 3 N–H and O–H groups in total. The Labute approximate surface area is 119 Å². The lowest BCUT2D eigenvalue weighted by molar-refractivity contribution is 0.163. The van der Waals surface area contributed by atoms with E-state index in [1.54, 1.807) is 6.92 Å². The van der Waals surface area contributed by atoms with Gasteiger partial charge < -0.3 is 20.3 Å². The Morgan fingerprint density at radius 3 is 2.60 bits per heavy atom. The van der Waals surface area contributed by atoms with E-state index in [4.69, 9.17) is 4.52 Å². The molecule has 114 valence electrons. The van der Waals surface area contributed by atoms with Crippen molar-refractivity contribution in [1.29, 1.82) is 0 Å². The number of rotatable bonds is 7. The number of amides is 2. The molecule has 6 nitrogen and oxygen atoms in total. The van der Waals surface area contributed by atoms with Gasteiger partial charge in [0.15, 0.2) is 5.76 Å². The summed E-state index contributed by atoms with van der Waals surface area (Å²) >= 11 is 0. The molecule has 0 saturated heterocycles. The molecular weight excluding hydrogens is 258 g/mol. The van der Waals surface area contributed by atoms with E-state index in [1.165, 1.54) is 0 Å². The van der Waals surface area contributed by atoms with Crippen LogP contribution in [-0.2, 0) is 6.54 Å². The number of nitrogens with one attached hydrogen (secondary N) is 2. The Kier molecular flexibility index (Phi) is 6.51. The van der Waals surface area contributed by atoms with E-state index in [0.29, 0.717) is 31.2 Å². The molecule has 0 aromatic carbocycles. The number of urea groups is 1. The largest absolute Gasteiger partial charge is 0.393 e. The SMILES string of the molecule is CC(O)CC(C)CNC(=O)NCc1cc(C(C)C)no1. The summed E-state index contributed by atoms with van der Waals surface area (Å²) in [5.41, 5.74) is 0.882. The van der Waals surface area contributed by atoms with E-state index in [1.807, 2.05) is 26.8 Å². The van der Waals surface area contributed by atoms with Crippen LogP contribution in [0, 0.1) is 5.92 Å².